The first-order chi connectivity index (χ1) is 6.25. The molecule has 1 aliphatic heterocycles. The Hall–Kier alpha value is 0.130. The summed E-state index contributed by atoms with van der Waals surface area (Å²) in [5.74, 6) is 2.61. The fourth-order valence-electron chi connectivity index (χ4n) is 1.53. The van der Waals surface area contributed by atoms with Gasteiger partial charge in [-0.2, -0.15) is 0 Å². The van der Waals surface area contributed by atoms with Crippen LogP contribution < -0.4 is 5.73 Å². The van der Waals surface area contributed by atoms with Crippen molar-refractivity contribution in [3.63, 3.8) is 0 Å². The Morgan fingerprint density at radius 2 is 2.00 bits per heavy atom. The van der Waals surface area contributed by atoms with E-state index in [0.29, 0.717) is 5.84 Å². The van der Waals surface area contributed by atoms with Gasteiger partial charge in [-0.15, -0.1) is 0 Å². The van der Waals surface area contributed by atoms with Gasteiger partial charge in [-0.05, 0) is 6.42 Å². The summed E-state index contributed by atoms with van der Waals surface area (Å²) < 4.78 is 0. The predicted molar refractivity (Wildman–Crippen MR) is 62.5 cm³/mol. The lowest BCUT2D eigenvalue weighted by molar-refractivity contribution is 0.266. The summed E-state index contributed by atoms with van der Waals surface area (Å²) >= 11 is 0. The van der Waals surface area contributed by atoms with Crippen LogP contribution in [-0.2, 0) is 0 Å². The zero-order chi connectivity index (χ0) is 9.68. The predicted octanol–water partition coefficient (Wildman–Crippen LogP) is 1.40. The van der Waals surface area contributed by atoms with E-state index in [4.69, 9.17) is 11.1 Å². The summed E-state index contributed by atoms with van der Waals surface area (Å²) in [6, 6.07) is 0.166. The van der Waals surface area contributed by atoms with Crippen LogP contribution in [0, 0.1) is 5.41 Å². The average molecular weight is 219 g/mol. The molecule has 0 aromatic heterocycles. The van der Waals surface area contributed by atoms with Gasteiger partial charge < -0.3 is 5.73 Å². The topological polar surface area (TPSA) is 53.1 Å². The first-order valence-corrected chi connectivity index (χ1v) is 7.07. The van der Waals surface area contributed by atoms with Gasteiger partial charge in [-0.3, -0.25) is 10.3 Å². The van der Waals surface area contributed by atoms with E-state index in [-0.39, 0.29) is 6.04 Å². The van der Waals surface area contributed by atoms with Gasteiger partial charge >= 0.3 is 0 Å². The molecule has 0 radical (unpaired) electrons. The zero-order valence-corrected chi connectivity index (χ0v) is 9.59. The minimum atomic E-state index is 0.166. The Bertz CT molecular complexity index is 167. The standard InChI is InChI=1S/C8H17N3S2/c1-2-7(8(9)10)11-3-5-12-13-6-4-11/h7H,2-6H2,1H3,(H3,9,10). The highest BCUT2D eigenvalue weighted by Gasteiger charge is 2.20. The maximum atomic E-state index is 7.48. The van der Waals surface area contributed by atoms with Crippen LogP contribution in [0.1, 0.15) is 13.3 Å². The molecule has 1 heterocycles. The second-order valence-corrected chi connectivity index (χ2v) is 5.76. The molecule has 13 heavy (non-hydrogen) atoms. The van der Waals surface area contributed by atoms with Crippen LogP contribution >= 0.6 is 21.6 Å². The smallest absolute Gasteiger partial charge is 0.108 e. The molecular formula is C8H17N3S2. The maximum Gasteiger partial charge on any atom is 0.108 e. The Morgan fingerprint density at radius 1 is 1.46 bits per heavy atom. The Labute approximate surface area is 87.7 Å². The van der Waals surface area contributed by atoms with Gasteiger partial charge in [0.1, 0.15) is 5.84 Å². The molecule has 0 aliphatic carbocycles. The quantitative estimate of drug-likeness (QED) is 0.428. The van der Waals surface area contributed by atoms with Crippen molar-refractivity contribution in [3.8, 4) is 0 Å². The minimum Gasteiger partial charge on any atom is -0.386 e. The van der Waals surface area contributed by atoms with Crippen molar-refractivity contribution in [2.24, 2.45) is 5.73 Å². The highest BCUT2D eigenvalue weighted by molar-refractivity contribution is 8.76. The number of nitrogens with one attached hydrogen (secondary N) is 1. The summed E-state index contributed by atoms with van der Waals surface area (Å²) in [5, 5.41) is 7.48. The number of amidine groups is 1. The van der Waals surface area contributed by atoms with E-state index >= 15 is 0 Å². The van der Waals surface area contributed by atoms with E-state index in [1.807, 2.05) is 21.6 Å². The van der Waals surface area contributed by atoms with E-state index in [2.05, 4.69) is 11.8 Å². The third-order valence-corrected chi connectivity index (χ3v) is 4.56. The van der Waals surface area contributed by atoms with Gasteiger partial charge in [-0.1, -0.05) is 28.5 Å². The van der Waals surface area contributed by atoms with Crippen molar-refractivity contribution in [1.29, 1.82) is 5.41 Å². The largest absolute Gasteiger partial charge is 0.386 e. The molecular weight excluding hydrogens is 202 g/mol. The number of hydrogen-bond donors (Lipinski definition) is 2. The first-order valence-electron chi connectivity index (χ1n) is 4.58. The third-order valence-electron chi connectivity index (χ3n) is 2.19. The maximum absolute atomic E-state index is 7.48. The van der Waals surface area contributed by atoms with E-state index < -0.39 is 0 Å². The molecule has 3 nitrogen and oxygen atoms in total. The minimum absolute atomic E-state index is 0.166. The van der Waals surface area contributed by atoms with E-state index in [0.717, 1.165) is 31.0 Å². The van der Waals surface area contributed by atoms with Crippen molar-refractivity contribution in [1.82, 2.24) is 4.90 Å². The molecule has 76 valence electrons. The number of nitrogens with zero attached hydrogens (tertiary/aromatic N) is 1. The van der Waals surface area contributed by atoms with Crippen molar-refractivity contribution < 1.29 is 0 Å². The van der Waals surface area contributed by atoms with Crippen LogP contribution in [0.25, 0.3) is 0 Å². The molecule has 0 bridgehead atoms. The van der Waals surface area contributed by atoms with Crippen LogP contribution in [0.3, 0.4) is 0 Å². The van der Waals surface area contributed by atoms with Gasteiger partial charge in [0.2, 0.25) is 0 Å². The van der Waals surface area contributed by atoms with Crippen LogP contribution in [0.15, 0.2) is 0 Å². The monoisotopic (exact) mass is 219 g/mol. The molecule has 0 aromatic rings. The summed E-state index contributed by atoms with van der Waals surface area (Å²) in [6.07, 6.45) is 0.949. The molecule has 1 unspecified atom stereocenters. The summed E-state index contributed by atoms with van der Waals surface area (Å²) in [6.45, 7) is 4.22. The van der Waals surface area contributed by atoms with Crippen LogP contribution in [0.5, 0.6) is 0 Å². The second-order valence-electron chi connectivity index (χ2n) is 3.06. The van der Waals surface area contributed by atoms with Crippen molar-refractivity contribution >= 4 is 27.4 Å². The van der Waals surface area contributed by atoms with Crippen LogP contribution in [0.4, 0.5) is 0 Å². The molecule has 0 spiro atoms. The fraction of sp³-hybridized carbons (Fsp3) is 0.875. The first kappa shape index (κ1) is 11.2. The molecule has 1 aliphatic rings. The lowest BCUT2D eigenvalue weighted by atomic mass is 10.2. The van der Waals surface area contributed by atoms with Gasteiger partial charge in [0, 0.05) is 24.6 Å². The molecule has 1 saturated heterocycles. The SMILES string of the molecule is CCC(C(=N)N)N1CCSSCC1. The van der Waals surface area contributed by atoms with Crippen molar-refractivity contribution in [2.75, 3.05) is 24.6 Å². The molecule has 1 fully saturated rings. The summed E-state index contributed by atoms with van der Waals surface area (Å²) in [4.78, 5) is 2.33. The lowest BCUT2D eigenvalue weighted by Gasteiger charge is -2.28. The number of hydrogen-bond acceptors (Lipinski definition) is 4. The Balaban J connectivity index is 2.50. The molecule has 0 saturated carbocycles. The van der Waals surface area contributed by atoms with E-state index in [1.165, 1.54) is 0 Å². The molecule has 3 N–H and O–H groups in total. The fourth-order valence-corrected chi connectivity index (χ4v) is 3.53. The van der Waals surface area contributed by atoms with Crippen molar-refractivity contribution in [3.05, 3.63) is 0 Å². The average Bonchev–Trinajstić information content (AvgIpc) is 2.33. The van der Waals surface area contributed by atoms with Gasteiger partial charge in [-0.25, -0.2) is 0 Å². The van der Waals surface area contributed by atoms with Crippen LogP contribution in [0.2, 0.25) is 0 Å². The molecule has 1 rings (SSSR count). The normalized spacial score (nSPS) is 22.2. The molecule has 5 heteroatoms. The highest BCUT2D eigenvalue weighted by Crippen LogP contribution is 2.25. The Kier molecular flexibility index (Phi) is 4.98. The molecule has 0 amide bonds. The summed E-state index contributed by atoms with van der Waals surface area (Å²) in [5.41, 5.74) is 5.56. The molecule has 1 atom stereocenters. The zero-order valence-electron chi connectivity index (χ0n) is 7.95. The van der Waals surface area contributed by atoms with Crippen molar-refractivity contribution in [2.45, 2.75) is 19.4 Å². The lowest BCUT2D eigenvalue weighted by Crippen LogP contribution is -2.45. The van der Waals surface area contributed by atoms with Crippen LogP contribution in [-0.4, -0.2) is 41.4 Å². The third kappa shape index (κ3) is 3.40. The Morgan fingerprint density at radius 3 is 2.38 bits per heavy atom. The van der Waals surface area contributed by atoms with Gasteiger partial charge in [0.25, 0.3) is 0 Å². The number of nitrogens with two attached hydrogens (primary N) is 1. The number of rotatable bonds is 3. The van der Waals surface area contributed by atoms with E-state index in [9.17, 15) is 0 Å². The highest BCUT2D eigenvalue weighted by atomic mass is 33.1. The van der Waals surface area contributed by atoms with Gasteiger partial charge in [0.05, 0.1) is 6.04 Å². The molecule has 0 aromatic carbocycles. The summed E-state index contributed by atoms with van der Waals surface area (Å²) in [7, 11) is 3.85. The second kappa shape index (κ2) is 5.78. The van der Waals surface area contributed by atoms with E-state index in [1.54, 1.807) is 0 Å². The van der Waals surface area contributed by atoms with Gasteiger partial charge in [0.15, 0.2) is 0 Å².